The number of nitrogens with zero attached hydrogens (tertiary/aromatic N) is 3. The lowest BCUT2D eigenvalue weighted by atomic mass is 10.2. The van der Waals surface area contributed by atoms with Crippen molar-refractivity contribution in [1.29, 1.82) is 0 Å². The highest BCUT2D eigenvalue weighted by molar-refractivity contribution is 7.15. The molecular weight excluding hydrogens is 292 g/mol. The number of hydrogen-bond donors (Lipinski definition) is 1. The van der Waals surface area contributed by atoms with Crippen LogP contribution in [0.5, 0.6) is 0 Å². The largest absolute Gasteiger partial charge is 0.423 e. The van der Waals surface area contributed by atoms with Gasteiger partial charge in [-0.2, -0.15) is 0 Å². The van der Waals surface area contributed by atoms with Crippen LogP contribution in [0.2, 0.25) is 0 Å². The molecule has 0 bridgehead atoms. The van der Waals surface area contributed by atoms with Crippen LogP contribution in [0.3, 0.4) is 0 Å². The SMILES string of the molecule is O=[N+]([O-])c1ccc(CNc2ccc(-c3nnco3)cc2)s1. The highest BCUT2D eigenvalue weighted by Gasteiger charge is 2.09. The van der Waals surface area contributed by atoms with Crippen LogP contribution in [-0.2, 0) is 6.54 Å². The van der Waals surface area contributed by atoms with E-state index < -0.39 is 0 Å². The second kappa shape index (κ2) is 5.71. The molecule has 0 aliphatic rings. The van der Waals surface area contributed by atoms with Crippen molar-refractivity contribution in [3.8, 4) is 11.5 Å². The molecule has 0 amide bonds. The molecule has 0 aliphatic heterocycles. The van der Waals surface area contributed by atoms with Crippen molar-refractivity contribution >= 4 is 22.0 Å². The van der Waals surface area contributed by atoms with Crippen molar-refractivity contribution in [3.05, 3.63) is 57.8 Å². The highest BCUT2D eigenvalue weighted by Crippen LogP contribution is 2.25. The van der Waals surface area contributed by atoms with Gasteiger partial charge >= 0.3 is 5.00 Å². The highest BCUT2D eigenvalue weighted by atomic mass is 32.1. The van der Waals surface area contributed by atoms with Crippen molar-refractivity contribution in [2.45, 2.75) is 6.54 Å². The van der Waals surface area contributed by atoms with Crippen molar-refractivity contribution in [3.63, 3.8) is 0 Å². The quantitative estimate of drug-likeness (QED) is 0.574. The molecule has 0 unspecified atom stereocenters. The monoisotopic (exact) mass is 302 g/mol. The van der Waals surface area contributed by atoms with Crippen molar-refractivity contribution in [1.82, 2.24) is 10.2 Å². The first-order valence-corrected chi connectivity index (χ1v) is 6.87. The number of thiophene rings is 1. The first kappa shape index (κ1) is 13.3. The topological polar surface area (TPSA) is 94.1 Å². The molecule has 1 aromatic carbocycles. The molecule has 0 radical (unpaired) electrons. The molecule has 3 aromatic rings. The van der Waals surface area contributed by atoms with E-state index in [2.05, 4.69) is 15.5 Å². The Bertz CT molecular complexity index is 737. The molecule has 2 heterocycles. The predicted molar refractivity (Wildman–Crippen MR) is 78.0 cm³/mol. The minimum absolute atomic E-state index is 0.151. The fourth-order valence-corrected chi connectivity index (χ4v) is 2.54. The number of benzene rings is 1. The van der Waals surface area contributed by atoms with Crippen molar-refractivity contribution < 1.29 is 9.34 Å². The zero-order valence-electron chi connectivity index (χ0n) is 10.7. The van der Waals surface area contributed by atoms with Crippen LogP contribution in [0.1, 0.15) is 4.88 Å². The smallest absolute Gasteiger partial charge is 0.324 e. The average Bonchev–Trinajstić information content (AvgIpc) is 3.17. The Morgan fingerprint density at radius 3 is 2.67 bits per heavy atom. The lowest BCUT2D eigenvalue weighted by Gasteiger charge is -2.04. The predicted octanol–water partition coefficient (Wildman–Crippen LogP) is 3.32. The number of anilines is 1. The summed E-state index contributed by atoms with van der Waals surface area (Å²) in [5, 5.41) is 21.4. The van der Waals surface area contributed by atoms with Gasteiger partial charge in [0.2, 0.25) is 12.3 Å². The molecule has 106 valence electrons. The molecule has 8 heteroatoms. The molecule has 0 atom stereocenters. The third-order valence-electron chi connectivity index (χ3n) is 2.79. The summed E-state index contributed by atoms with van der Waals surface area (Å²) in [5.41, 5.74) is 1.75. The average molecular weight is 302 g/mol. The molecule has 0 aliphatic carbocycles. The zero-order valence-corrected chi connectivity index (χ0v) is 11.5. The van der Waals surface area contributed by atoms with Gasteiger partial charge in [-0.05, 0) is 30.3 Å². The molecule has 0 fully saturated rings. The van der Waals surface area contributed by atoms with E-state index in [9.17, 15) is 10.1 Å². The molecular formula is C13H10N4O3S. The van der Waals surface area contributed by atoms with Gasteiger partial charge in [0.05, 0.1) is 4.92 Å². The van der Waals surface area contributed by atoms with Crippen LogP contribution in [0.25, 0.3) is 11.5 Å². The molecule has 7 nitrogen and oxygen atoms in total. The van der Waals surface area contributed by atoms with Gasteiger partial charge in [-0.15, -0.1) is 10.2 Å². The molecule has 0 saturated heterocycles. The fourth-order valence-electron chi connectivity index (χ4n) is 1.78. The van der Waals surface area contributed by atoms with E-state index in [0.29, 0.717) is 12.4 Å². The number of nitro groups is 1. The maximum Gasteiger partial charge on any atom is 0.324 e. The van der Waals surface area contributed by atoms with Gasteiger partial charge in [0.1, 0.15) is 0 Å². The molecule has 0 spiro atoms. The number of rotatable bonds is 5. The number of aromatic nitrogens is 2. The summed E-state index contributed by atoms with van der Waals surface area (Å²) in [7, 11) is 0. The van der Waals surface area contributed by atoms with Gasteiger partial charge in [-0.3, -0.25) is 10.1 Å². The maximum atomic E-state index is 10.6. The third-order valence-corrected chi connectivity index (χ3v) is 3.82. The molecule has 1 N–H and O–H groups in total. The lowest BCUT2D eigenvalue weighted by Crippen LogP contribution is -1.96. The van der Waals surface area contributed by atoms with E-state index in [1.54, 1.807) is 6.07 Å². The normalized spacial score (nSPS) is 10.5. The minimum atomic E-state index is -0.382. The summed E-state index contributed by atoms with van der Waals surface area (Å²) in [6, 6.07) is 10.8. The standard InChI is InChI=1S/C13H10N4O3S/c18-17(19)12-6-5-11(21-12)7-14-10-3-1-9(2-4-10)13-16-15-8-20-13/h1-6,8,14H,7H2. The Hall–Kier alpha value is -2.74. The summed E-state index contributed by atoms with van der Waals surface area (Å²) in [6.45, 7) is 0.540. The van der Waals surface area contributed by atoms with Crippen LogP contribution in [-0.4, -0.2) is 15.1 Å². The van der Waals surface area contributed by atoms with Crippen LogP contribution < -0.4 is 5.32 Å². The number of hydrogen-bond acceptors (Lipinski definition) is 7. The Kier molecular flexibility index (Phi) is 3.61. The minimum Gasteiger partial charge on any atom is -0.423 e. The van der Waals surface area contributed by atoms with E-state index in [4.69, 9.17) is 4.42 Å². The van der Waals surface area contributed by atoms with Gasteiger partial charge in [-0.25, -0.2) is 0 Å². The first-order chi connectivity index (χ1) is 10.2. The van der Waals surface area contributed by atoms with Crippen LogP contribution >= 0.6 is 11.3 Å². The zero-order chi connectivity index (χ0) is 14.7. The van der Waals surface area contributed by atoms with E-state index >= 15 is 0 Å². The van der Waals surface area contributed by atoms with Crippen LogP contribution in [0.4, 0.5) is 10.7 Å². The second-order valence-electron chi connectivity index (χ2n) is 4.17. The van der Waals surface area contributed by atoms with Gasteiger partial charge in [-0.1, -0.05) is 11.3 Å². The summed E-state index contributed by atoms with van der Waals surface area (Å²) >= 11 is 1.17. The first-order valence-electron chi connectivity index (χ1n) is 6.06. The van der Waals surface area contributed by atoms with Gasteiger partial charge in [0.15, 0.2) is 0 Å². The van der Waals surface area contributed by atoms with Crippen molar-refractivity contribution in [2.75, 3.05) is 5.32 Å². The summed E-state index contributed by atoms with van der Waals surface area (Å²) < 4.78 is 5.11. The molecule has 2 aromatic heterocycles. The number of nitrogens with one attached hydrogen (secondary N) is 1. The van der Waals surface area contributed by atoms with E-state index in [-0.39, 0.29) is 9.92 Å². The Morgan fingerprint density at radius 1 is 1.24 bits per heavy atom. The second-order valence-corrected chi connectivity index (χ2v) is 5.32. The van der Waals surface area contributed by atoms with E-state index in [0.717, 1.165) is 16.1 Å². The van der Waals surface area contributed by atoms with Gasteiger partial charge < -0.3 is 9.73 Å². The maximum absolute atomic E-state index is 10.6. The summed E-state index contributed by atoms with van der Waals surface area (Å²) in [6.07, 6.45) is 1.28. The van der Waals surface area contributed by atoms with Crippen LogP contribution in [0.15, 0.2) is 47.2 Å². The Balaban J connectivity index is 1.64. The Labute approximate surface area is 123 Å². The summed E-state index contributed by atoms with van der Waals surface area (Å²) in [4.78, 5) is 11.1. The fraction of sp³-hybridized carbons (Fsp3) is 0.0769. The van der Waals surface area contributed by atoms with E-state index in [1.165, 1.54) is 23.8 Å². The molecule has 21 heavy (non-hydrogen) atoms. The summed E-state index contributed by atoms with van der Waals surface area (Å²) in [5.74, 6) is 0.468. The van der Waals surface area contributed by atoms with Crippen LogP contribution in [0, 0.1) is 10.1 Å². The van der Waals surface area contributed by atoms with Crippen molar-refractivity contribution in [2.24, 2.45) is 0 Å². The third kappa shape index (κ3) is 3.06. The molecule has 0 saturated carbocycles. The van der Waals surface area contributed by atoms with Gasteiger partial charge in [0.25, 0.3) is 0 Å². The van der Waals surface area contributed by atoms with Gasteiger partial charge in [0, 0.05) is 28.7 Å². The molecule has 3 rings (SSSR count). The lowest BCUT2D eigenvalue weighted by molar-refractivity contribution is -0.380. The van der Waals surface area contributed by atoms with E-state index in [1.807, 2.05) is 24.3 Å². The Morgan fingerprint density at radius 2 is 2.05 bits per heavy atom.